The average Bonchev–Trinajstić information content (AvgIpc) is 2.93. The Morgan fingerprint density at radius 3 is 1.47 bits per heavy atom. The van der Waals surface area contributed by atoms with Gasteiger partial charge in [0.1, 0.15) is 0 Å². The highest BCUT2D eigenvalue weighted by molar-refractivity contribution is 5.80. The normalized spacial score (nSPS) is 11.4. The van der Waals surface area contributed by atoms with E-state index < -0.39 is 42.5 Å². The highest BCUT2D eigenvalue weighted by Gasteiger charge is 2.39. The van der Waals surface area contributed by atoms with E-state index >= 15 is 0 Å². The summed E-state index contributed by atoms with van der Waals surface area (Å²) in [6.45, 7) is 5.21. The van der Waals surface area contributed by atoms with Gasteiger partial charge in [-0.05, 0) is 52.1 Å². The maximum atomic E-state index is 11.6. The molecule has 0 rings (SSSR count). The van der Waals surface area contributed by atoms with Gasteiger partial charge in [-0.3, -0.25) is 9.79 Å². The fourth-order valence-electron chi connectivity index (χ4n) is 2.28. The molecule has 1 atom stereocenters. The van der Waals surface area contributed by atoms with E-state index in [1.165, 1.54) is 0 Å². The molecule has 16 nitrogen and oxygen atoms in total. The van der Waals surface area contributed by atoms with Crippen LogP contribution in [0.4, 0.5) is 44.3 Å². The summed E-state index contributed by atoms with van der Waals surface area (Å²) >= 11 is 0. The van der Waals surface area contributed by atoms with E-state index in [0.29, 0.717) is 19.6 Å². The molecule has 2 amide bonds. The predicted molar refractivity (Wildman–Crippen MR) is 153 cm³/mol. The van der Waals surface area contributed by atoms with Crippen LogP contribution in [0.1, 0.15) is 51.9 Å². The minimum atomic E-state index is -5.08. The SMILES string of the molecule is CC(N)CCNCCCCNC(=O)OCC(=O)NCCCCCCN=C(N)N.O=C(O)C(F)(F)F.O=C(O)C(F)(F)F.O=C(O)C(F)(F)F. The van der Waals surface area contributed by atoms with Crippen molar-refractivity contribution in [3.05, 3.63) is 0 Å². The Kier molecular flexibility index (Phi) is 30.2. The number of carbonyl (C=O) groups excluding carboxylic acids is 2. The number of hydrogen-bond acceptors (Lipinski definition) is 9. The van der Waals surface area contributed by atoms with Crippen molar-refractivity contribution in [3.8, 4) is 0 Å². The zero-order chi connectivity index (χ0) is 39.3. The van der Waals surface area contributed by atoms with Gasteiger partial charge >= 0.3 is 42.5 Å². The van der Waals surface area contributed by atoms with Crippen LogP contribution in [0, 0.1) is 0 Å². The Morgan fingerprint density at radius 1 is 0.673 bits per heavy atom. The van der Waals surface area contributed by atoms with E-state index in [0.717, 1.165) is 58.0 Å². The van der Waals surface area contributed by atoms with E-state index in [1.807, 2.05) is 6.92 Å². The molecule has 49 heavy (non-hydrogen) atoms. The molecule has 0 heterocycles. The summed E-state index contributed by atoms with van der Waals surface area (Å²) in [4.78, 5) is 53.7. The van der Waals surface area contributed by atoms with Crippen molar-refractivity contribution in [1.82, 2.24) is 16.0 Å². The molecular weight excluding hydrogens is 701 g/mol. The van der Waals surface area contributed by atoms with Crippen LogP contribution in [-0.2, 0) is 23.9 Å². The molecule has 0 aliphatic heterocycles. The molecule has 0 aromatic rings. The molecule has 25 heteroatoms. The summed E-state index contributed by atoms with van der Waals surface area (Å²) < 4.78 is 100. The number of guanidine groups is 1. The first-order valence-corrected chi connectivity index (χ1v) is 13.8. The number of ether oxygens (including phenoxy) is 1. The Morgan fingerprint density at radius 2 is 1.06 bits per heavy atom. The number of amides is 2. The second-order valence-corrected chi connectivity index (χ2v) is 9.21. The number of nitrogens with one attached hydrogen (secondary N) is 3. The molecule has 0 bridgehead atoms. The van der Waals surface area contributed by atoms with Crippen LogP contribution < -0.4 is 33.2 Å². The van der Waals surface area contributed by atoms with E-state index in [1.54, 1.807) is 0 Å². The number of nitrogens with zero attached hydrogens (tertiary/aromatic N) is 1. The van der Waals surface area contributed by atoms with Crippen LogP contribution in [0.5, 0.6) is 0 Å². The Bertz CT molecular complexity index is 920. The van der Waals surface area contributed by atoms with Gasteiger partial charge in [-0.15, -0.1) is 0 Å². The Labute approximate surface area is 274 Å². The van der Waals surface area contributed by atoms with Crippen molar-refractivity contribution < 1.29 is 83.5 Å². The third kappa shape index (κ3) is 45.9. The summed E-state index contributed by atoms with van der Waals surface area (Å²) in [5.74, 6) is -8.46. The summed E-state index contributed by atoms with van der Waals surface area (Å²) in [5.41, 5.74) is 16.1. The predicted octanol–water partition coefficient (Wildman–Crippen LogP) is 1.67. The lowest BCUT2D eigenvalue weighted by Gasteiger charge is -2.09. The van der Waals surface area contributed by atoms with Gasteiger partial charge in [0.25, 0.3) is 5.91 Å². The number of alkyl carbamates (subject to hydrolysis) is 1. The van der Waals surface area contributed by atoms with Gasteiger partial charge in [-0.1, -0.05) is 12.8 Å². The molecule has 0 saturated carbocycles. The molecule has 290 valence electrons. The zero-order valence-electron chi connectivity index (χ0n) is 26.1. The molecule has 0 saturated heterocycles. The summed E-state index contributed by atoms with van der Waals surface area (Å²) in [5, 5.41) is 30.0. The summed E-state index contributed by atoms with van der Waals surface area (Å²) in [6.07, 6.45) is -9.34. The van der Waals surface area contributed by atoms with Crippen molar-refractivity contribution in [2.45, 2.75) is 76.4 Å². The third-order valence-corrected chi connectivity index (χ3v) is 4.59. The van der Waals surface area contributed by atoms with Crippen molar-refractivity contribution in [3.63, 3.8) is 0 Å². The fraction of sp³-hybridized carbons (Fsp3) is 0.750. The largest absolute Gasteiger partial charge is 0.490 e. The van der Waals surface area contributed by atoms with E-state index in [-0.39, 0.29) is 24.5 Å². The molecule has 0 fully saturated rings. The quantitative estimate of drug-likeness (QED) is 0.0444. The molecule has 1 unspecified atom stereocenters. The summed E-state index contributed by atoms with van der Waals surface area (Å²) in [7, 11) is 0. The smallest absolute Gasteiger partial charge is 0.475 e. The number of halogens is 9. The Hall–Kier alpha value is -4.29. The third-order valence-electron chi connectivity index (χ3n) is 4.59. The molecule has 0 spiro atoms. The van der Waals surface area contributed by atoms with Gasteiger partial charge in [0, 0.05) is 25.7 Å². The highest BCUT2D eigenvalue weighted by Crippen LogP contribution is 2.14. The van der Waals surface area contributed by atoms with Crippen LogP contribution in [0.3, 0.4) is 0 Å². The highest BCUT2D eigenvalue weighted by atomic mass is 19.4. The summed E-state index contributed by atoms with van der Waals surface area (Å²) in [6, 6.07) is 0.211. The number of carboxylic acids is 3. The fourth-order valence-corrected chi connectivity index (χ4v) is 2.28. The first-order chi connectivity index (χ1) is 22.2. The number of nitrogens with two attached hydrogens (primary N) is 3. The average molecular weight is 744 g/mol. The first kappa shape index (κ1) is 51.5. The zero-order valence-corrected chi connectivity index (χ0v) is 26.1. The van der Waals surface area contributed by atoms with Crippen molar-refractivity contribution in [2.75, 3.05) is 39.3 Å². The maximum absolute atomic E-state index is 11.6. The minimum Gasteiger partial charge on any atom is -0.475 e. The van der Waals surface area contributed by atoms with Crippen LogP contribution in [0.15, 0.2) is 4.99 Å². The second-order valence-electron chi connectivity index (χ2n) is 9.21. The molecule has 0 aliphatic rings. The van der Waals surface area contributed by atoms with Crippen LogP contribution >= 0.6 is 0 Å². The number of aliphatic imine (C=N–C) groups is 1. The van der Waals surface area contributed by atoms with Crippen LogP contribution in [0.25, 0.3) is 0 Å². The van der Waals surface area contributed by atoms with E-state index in [2.05, 4.69) is 20.9 Å². The first-order valence-electron chi connectivity index (χ1n) is 13.8. The number of carbonyl (C=O) groups is 5. The number of aliphatic carboxylic acids is 3. The van der Waals surface area contributed by atoms with Crippen LogP contribution in [0.2, 0.25) is 0 Å². The molecule has 0 aromatic heterocycles. The monoisotopic (exact) mass is 743 g/mol. The second kappa shape index (κ2) is 28.7. The Balaban J connectivity index is -0.000000386. The molecule has 0 aromatic carbocycles. The van der Waals surface area contributed by atoms with Gasteiger partial charge in [0.2, 0.25) is 0 Å². The lowest BCUT2D eigenvalue weighted by Crippen LogP contribution is -2.33. The van der Waals surface area contributed by atoms with Crippen molar-refractivity contribution >= 4 is 35.9 Å². The molecule has 0 aliphatic carbocycles. The lowest BCUT2D eigenvalue weighted by molar-refractivity contribution is -0.193. The number of alkyl halides is 9. The lowest BCUT2D eigenvalue weighted by atomic mass is 10.2. The minimum absolute atomic E-state index is 0.112. The number of carboxylic acid groups (broad SMARTS) is 3. The van der Waals surface area contributed by atoms with Gasteiger partial charge in [-0.2, -0.15) is 39.5 Å². The molecule has 12 N–H and O–H groups in total. The number of hydrogen-bond donors (Lipinski definition) is 9. The topological polar surface area (TPSA) is 282 Å². The van der Waals surface area contributed by atoms with Crippen molar-refractivity contribution in [1.29, 1.82) is 0 Å². The number of rotatable bonds is 17. The maximum Gasteiger partial charge on any atom is 0.490 e. The van der Waals surface area contributed by atoms with E-state index in [9.17, 15) is 49.1 Å². The van der Waals surface area contributed by atoms with Crippen LogP contribution in [-0.4, -0.2) is 115 Å². The van der Waals surface area contributed by atoms with E-state index in [4.69, 9.17) is 51.6 Å². The van der Waals surface area contributed by atoms with Gasteiger partial charge in [0.15, 0.2) is 12.6 Å². The van der Waals surface area contributed by atoms with Gasteiger partial charge in [0.05, 0.1) is 0 Å². The number of unbranched alkanes of at least 4 members (excludes halogenated alkanes) is 4. The molecule has 0 radical (unpaired) electrons. The standard InChI is InChI=1S/C18H39N7O3.3C2HF3O2/c1-15(19)8-13-22-9-6-7-12-25-18(27)28-14-16(26)23-10-4-2-3-5-11-24-17(20)21;3*3-2(4,5)1(6)7/h15,22H,2-14,19H2,1H3,(H,23,26)(H,25,27)(H4,20,21,24);3*(H,6,7). The van der Waals surface area contributed by atoms with Crippen molar-refractivity contribution in [2.24, 2.45) is 22.2 Å². The molecular formula is C24H42F9N7O9. The van der Waals surface area contributed by atoms with Gasteiger partial charge in [-0.25, -0.2) is 19.2 Å². The van der Waals surface area contributed by atoms with Gasteiger partial charge < -0.3 is 53.2 Å².